The number of nitrogens with one attached hydrogen (secondary N) is 1. The van der Waals surface area contributed by atoms with Crippen LogP contribution < -0.4 is 10.1 Å². The van der Waals surface area contributed by atoms with Crippen molar-refractivity contribution in [1.82, 2.24) is 10.3 Å². The fourth-order valence-corrected chi connectivity index (χ4v) is 2.39. The molecule has 0 radical (unpaired) electrons. The molecule has 1 unspecified atom stereocenters. The Morgan fingerprint density at radius 1 is 1.25 bits per heavy atom. The zero-order chi connectivity index (χ0) is 14.4. The zero-order valence-corrected chi connectivity index (χ0v) is 13.4. The summed E-state index contributed by atoms with van der Waals surface area (Å²) in [5.74, 6) is 0.937. The number of halogens is 1. The van der Waals surface area contributed by atoms with E-state index in [1.807, 2.05) is 50.5 Å². The second-order valence-electron chi connectivity index (χ2n) is 4.48. The summed E-state index contributed by atoms with van der Waals surface area (Å²) in [5, 5.41) is 3.35. The normalized spacial score (nSPS) is 12.2. The monoisotopic (exact) mass is 334 g/mol. The summed E-state index contributed by atoms with van der Waals surface area (Å²) in [4.78, 5) is 4.44. The number of pyridine rings is 1. The van der Waals surface area contributed by atoms with Gasteiger partial charge in [0.1, 0.15) is 5.75 Å². The van der Waals surface area contributed by atoms with Crippen LogP contribution in [-0.4, -0.2) is 18.6 Å². The second-order valence-corrected chi connectivity index (χ2v) is 5.40. The van der Waals surface area contributed by atoms with Gasteiger partial charge >= 0.3 is 0 Å². The number of benzene rings is 1. The lowest BCUT2D eigenvalue weighted by molar-refractivity contribution is 0.332. The molecule has 0 saturated carbocycles. The summed E-state index contributed by atoms with van der Waals surface area (Å²) in [5.41, 5.74) is 2.22. The maximum Gasteiger partial charge on any atom is 0.124 e. The Labute approximate surface area is 128 Å². The predicted octanol–water partition coefficient (Wildman–Crippen LogP) is 3.75. The van der Waals surface area contributed by atoms with Gasteiger partial charge in [-0.2, -0.15) is 0 Å². The molecular weight excluding hydrogens is 316 g/mol. The summed E-state index contributed by atoms with van der Waals surface area (Å²) >= 11 is 3.41. The van der Waals surface area contributed by atoms with Gasteiger partial charge in [-0.05, 0) is 48.1 Å². The Kier molecular flexibility index (Phi) is 5.56. The summed E-state index contributed by atoms with van der Waals surface area (Å²) in [7, 11) is 1.96. The summed E-state index contributed by atoms with van der Waals surface area (Å²) in [6.45, 7) is 2.67. The summed E-state index contributed by atoms with van der Waals surface area (Å²) < 4.78 is 6.71. The fourth-order valence-electron chi connectivity index (χ4n) is 2.16. The average Bonchev–Trinajstić information content (AvgIpc) is 2.48. The van der Waals surface area contributed by atoms with Crippen molar-refractivity contribution >= 4 is 15.9 Å². The lowest BCUT2D eigenvalue weighted by atomic mass is 10.0. The molecule has 0 aliphatic heterocycles. The molecule has 1 aromatic carbocycles. The van der Waals surface area contributed by atoms with Crippen molar-refractivity contribution in [3.8, 4) is 5.75 Å². The third-order valence-corrected chi connectivity index (χ3v) is 3.61. The molecule has 3 nitrogen and oxygen atoms in total. The van der Waals surface area contributed by atoms with E-state index in [1.54, 1.807) is 0 Å². The Bertz CT molecular complexity index is 542. The van der Waals surface area contributed by atoms with Crippen LogP contribution in [0.1, 0.15) is 24.2 Å². The van der Waals surface area contributed by atoms with Gasteiger partial charge in [-0.1, -0.05) is 18.2 Å². The van der Waals surface area contributed by atoms with Gasteiger partial charge in [-0.15, -0.1) is 0 Å². The quantitative estimate of drug-likeness (QED) is 0.873. The van der Waals surface area contributed by atoms with Gasteiger partial charge in [0, 0.05) is 34.4 Å². The van der Waals surface area contributed by atoms with Gasteiger partial charge < -0.3 is 10.1 Å². The van der Waals surface area contributed by atoms with E-state index < -0.39 is 0 Å². The molecule has 0 saturated heterocycles. The fraction of sp³-hybridized carbons (Fsp3) is 0.312. The Morgan fingerprint density at radius 3 is 2.70 bits per heavy atom. The largest absolute Gasteiger partial charge is 0.494 e. The Hall–Kier alpha value is -1.39. The van der Waals surface area contributed by atoms with Crippen LogP contribution >= 0.6 is 15.9 Å². The molecule has 1 aromatic heterocycles. The smallest absolute Gasteiger partial charge is 0.124 e. The molecular formula is C16H19BrN2O. The Morgan fingerprint density at radius 2 is 2.05 bits per heavy atom. The van der Waals surface area contributed by atoms with Gasteiger partial charge in [0.15, 0.2) is 0 Å². The molecule has 0 aliphatic rings. The lowest BCUT2D eigenvalue weighted by Crippen LogP contribution is -2.20. The molecule has 1 heterocycles. The van der Waals surface area contributed by atoms with E-state index in [2.05, 4.69) is 32.3 Å². The van der Waals surface area contributed by atoms with Gasteiger partial charge in [-0.3, -0.25) is 4.98 Å². The molecule has 1 atom stereocenters. The highest BCUT2D eigenvalue weighted by atomic mass is 79.9. The first-order valence-corrected chi connectivity index (χ1v) is 7.53. The van der Waals surface area contributed by atoms with E-state index in [0.29, 0.717) is 6.61 Å². The molecule has 0 aliphatic carbocycles. The van der Waals surface area contributed by atoms with Crippen LogP contribution in [0, 0.1) is 0 Å². The minimum Gasteiger partial charge on any atom is -0.494 e. The summed E-state index contributed by atoms with van der Waals surface area (Å²) in [6, 6.07) is 12.4. The van der Waals surface area contributed by atoms with Gasteiger partial charge in [-0.25, -0.2) is 0 Å². The SMILES string of the molecule is CCOc1ccccc1C(Cc1ccc(Br)cn1)NC. The molecule has 4 heteroatoms. The van der Waals surface area contributed by atoms with Crippen LogP contribution in [0.25, 0.3) is 0 Å². The zero-order valence-electron chi connectivity index (χ0n) is 11.8. The van der Waals surface area contributed by atoms with Crippen molar-refractivity contribution in [3.05, 3.63) is 58.3 Å². The van der Waals surface area contributed by atoms with Crippen LogP contribution in [-0.2, 0) is 6.42 Å². The van der Waals surface area contributed by atoms with E-state index in [4.69, 9.17) is 4.74 Å². The van der Waals surface area contributed by atoms with E-state index in [1.165, 1.54) is 5.56 Å². The van der Waals surface area contributed by atoms with Gasteiger partial charge in [0.05, 0.1) is 6.61 Å². The number of aromatic nitrogens is 1. The van der Waals surface area contributed by atoms with E-state index in [9.17, 15) is 0 Å². The number of hydrogen-bond acceptors (Lipinski definition) is 3. The predicted molar refractivity (Wildman–Crippen MR) is 85.1 cm³/mol. The maximum absolute atomic E-state index is 5.71. The van der Waals surface area contributed by atoms with Gasteiger partial charge in [0.2, 0.25) is 0 Å². The van der Waals surface area contributed by atoms with Crippen LogP contribution in [0.2, 0.25) is 0 Å². The van der Waals surface area contributed by atoms with E-state index in [0.717, 1.165) is 22.3 Å². The first-order chi connectivity index (χ1) is 9.74. The highest BCUT2D eigenvalue weighted by Gasteiger charge is 2.15. The third-order valence-electron chi connectivity index (χ3n) is 3.14. The number of rotatable bonds is 6. The molecule has 106 valence electrons. The molecule has 0 spiro atoms. The number of ether oxygens (including phenoxy) is 1. The topological polar surface area (TPSA) is 34.1 Å². The number of hydrogen-bond donors (Lipinski definition) is 1. The lowest BCUT2D eigenvalue weighted by Gasteiger charge is -2.19. The van der Waals surface area contributed by atoms with Crippen molar-refractivity contribution in [2.24, 2.45) is 0 Å². The minimum atomic E-state index is 0.187. The van der Waals surface area contributed by atoms with Crippen molar-refractivity contribution in [3.63, 3.8) is 0 Å². The first-order valence-electron chi connectivity index (χ1n) is 6.74. The number of likely N-dealkylation sites (N-methyl/N-ethyl adjacent to an activating group) is 1. The van der Waals surface area contributed by atoms with Gasteiger partial charge in [0.25, 0.3) is 0 Å². The highest BCUT2D eigenvalue weighted by molar-refractivity contribution is 9.10. The van der Waals surface area contributed by atoms with Crippen LogP contribution in [0.5, 0.6) is 5.75 Å². The standard InChI is InChI=1S/C16H19BrN2O/c1-3-20-16-7-5-4-6-14(16)15(18-2)10-13-9-8-12(17)11-19-13/h4-9,11,15,18H,3,10H2,1-2H3. The molecule has 1 N–H and O–H groups in total. The minimum absolute atomic E-state index is 0.187. The second kappa shape index (κ2) is 7.41. The first kappa shape index (κ1) is 15.0. The van der Waals surface area contributed by atoms with Crippen molar-refractivity contribution in [2.45, 2.75) is 19.4 Å². The molecule has 0 fully saturated rings. The maximum atomic E-state index is 5.71. The van der Waals surface area contributed by atoms with Crippen molar-refractivity contribution in [2.75, 3.05) is 13.7 Å². The highest BCUT2D eigenvalue weighted by Crippen LogP contribution is 2.27. The van der Waals surface area contributed by atoms with E-state index in [-0.39, 0.29) is 6.04 Å². The molecule has 2 rings (SSSR count). The molecule has 0 amide bonds. The van der Waals surface area contributed by atoms with Crippen LogP contribution in [0.15, 0.2) is 47.1 Å². The average molecular weight is 335 g/mol. The molecule has 0 bridgehead atoms. The molecule has 20 heavy (non-hydrogen) atoms. The van der Waals surface area contributed by atoms with Crippen LogP contribution in [0.4, 0.5) is 0 Å². The van der Waals surface area contributed by atoms with Crippen molar-refractivity contribution < 1.29 is 4.74 Å². The van der Waals surface area contributed by atoms with E-state index >= 15 is 0 Å². The molecule has 2 aromatic rings. The third kappa shape index (κ3) is 3.81. The summed E-state index contributed by atoms with van der Waals surface area (Å²) in [6.07, 6.45) is 2.66. The van der Waals surface area contributed by atoms with Crippen molar-refractivity contribution in [1.29, 1.82) is 0 Å². The van der Waals surface area contributed by atoms with Crippen LogP contribution in [0.3, 0.4) is 0 Å². The Balaban J connectivity index is 2.21. The number of para-hydroxylation sites is 1. The number of nitrogens with zero attached hydrogens (tertiary/aromatic N) is 1.